The summed E-state index contributed by atoms with van der Waals surface area (Å²) in [5, 5.41) is 9.63. The van der Waals surface area contributed by atoms with Gasteiger partial charge in [-0.3, -0.25) is 9.89 Å². The second kappa shape index (κ2) is 6.50. The van der Waals surface area contributed by atoms with Crippen molar-refractivity contribution in [2.75, 3.05) is 6.54 Å². The number of hydrogen-bond donors (Lipinski definition) is 3. The van der Waals surface area contributed by atoms with Gasteiger partial charge in [-0.25, -0.2) is 0 Å². The molecule has 4 N–H and O–H groups in total. The van der Waals surface area contributed by atoms with E-state index in [4.69, 9.17) is 10.2 Å². The van der Waals surface area contributed by atoms with Crippen molar-refractivity contribution in [3.8, 4) is 11.3 Å². The summed E-state index contributed by atoms with van der Waals surface area (Å²) in [5.41, 5.74) is 10.1. The molecule has 0 saturated heterocycles. The third kappa shape index (κ3) is 3.49. The van der Waals surface area contributed by atoms with Crippen LogP contribution >= 0.6 is 0 Å². The number of aromatic amines is 1. The van der Waals surface area contributed by atoms with E-state index in [1.807, 2.05) is 31.2 Å². The molecule has 6 nitrogen and oxygen atoms in total. The molecule has 1 amide bonds. The molecule has 1 atom stereocenters. The van der Waals surface area contributed by atoms with Gasteiger partial charge in [0, 0.05) is 18.2 Å². The Morgan fingerprint density at radius 3 is 2.83 bits per heavy atom. The number of carbonyl (C=O) groups is 1. The third-order valence-electron chi connectivity index (χ3n) is 3.63. The molecule has 2 heterocycles. The Hall–Kier alpha value is -2.86. The van der Waals surface area contributed by atoms with Crippen LogP contribution in [0.2, 0.25) is 0 Å². The number of rotatable bonds is 5. The van der Waals surface area contributed by atoms with Crippen LogP contribution < -0.4 is 11.1 Å². The SMILES string of the molecule is Cc1ccc(C(N)CNC(=O)c2cc(-c3ccoc3)n[nH]2)cc1. The van der Waals surface area contributed by atoms with Gasteiger partial charge >= 0.3 is 0 Å². The molecule has 0 aliphatic carbocycles. The van der Waals surface area contributed by atoms with Gasteiger partial charge in [0.15, 0.2) is 0 Å². The zero-order valence-electron chi connectivity index (χ0n) is 12.7. The van der Waals surface area contributed by atoms with E-state index in [0.29, 0.717) is 17.9 Å². The van der Waals surface area contributed by atoms with Gasteiger partial charge in [0.1, 0.15) is 5.69 Å². The number of carbonyl (C=O) groups excluding carboxylic acids is 1. The Bertz CT molecular complexity index is 775. The highest BCUT2D eigenvalue weighted by Crippen LogP contribution is 2.17. The molecule has 2 aromatic heterocycles. The van der Waals surface area contributed by atoms with Crippen molar-refractivity contribution in [1.82, 2.24) is 15.5 Å². The van der Waals surface area contributed by atoms with E-state index in [1.165, 1.54) is 5.56 Å². The summed E-state index contributed by atoms with van der Waals surface area (Å²) < 4.78 is 5.00. The average Bonchev–Trinajstić information content (AvgIpc) is 3.23. The van der Waals surface area contributed by atoms with Crippen molar-refractivity contribution in [1.29, 1.82) is 0 Å². The molecule has 0 spiro atoms. The molecule has 1 unspecified atom stereocenters. The number of amides is 1. The van der Waals surface area contributed by atoms with Gasteiger partial charge in [0.2, 0.25) is 0 Å². The van der Waals surface area contributed by atoms with Crippen molar-refractivity contribution in [2.45, 2.75) is 13.0 Å². The van der Waals surface area contributed by atoms with E-state index in [1.54, 1.807) is 24.7 Å². The normalized spacial score (nSPS) is 12.1. The van der Waals surface area contributed by atoms with Crippen LogP contribution in [0.15, 0.2) is 53.3 Å². The number of aryl methyl sites for hydroxylation is 1. The molecule has 1 aromatic carbocycles. The average molecular weight is 310 g/mol. The Morgan fingerprint density at radius 1 is 1.35 bits per heavy atom. The number of hydrogen-bond acceptors (Lipinski definition) is 4. The van der Waals surface area contributed by atoms with Gasteiger partial charge in [0.25, 0.3) is 5.91 Å². The van der Waals surface area contributed by atoms with Crippen molar-refractivity contribution in [3.63, 3.8) is 0 Å². The van der Waals surface area contributed by atoms with Crippen LogP contribution in [0, 0.1) is 6.92 Å². The van der Waals surface area contributed by atoms with Crippen molar-refractivity contribution in [3.05, 3.63) is 65.7 Å². The lowest BCUT2D eigenvalue weighted by Gasteiger charge is -2.13. The minimum Gasteiger partial charge on any atom is -0.472 e. The van der Waals surface area contributed by atoms with Crippen LogP contribution in [-0.2, 0) is 0 Å². The maximum atomic E-state index is 12.2. The molecule has 0 radical (unpaired) electrons. The standard InChI is InChI=1S/C17H18N4O2/c1-11-2-4-12(5-3-11)14(18)9-19-17(22)16-8-15(20-21-16)13-6-7-23-10-13/h2-8,10,14H,9,18H2,1H3,(H,19,22)(H,20,21). The highest BCUT2D eigenvalue weighted by Gasteiger charge is 2.13. The number of furan rings is 1. The third-order valence-corrected chi connectivity index (χ3v) is 3.63. The van der Waals surface area contributed by atoms with Gasteiger partial charge in [0.05, 0.1) is 18.2 Å². The molecule has 23 heavy (non-hydrogen) atoms. The minimum absolute atomic E-state index is 0.241. The molecule has 6 heteroatoms. The molecule has 0 aliphatic rings. The van der Waals surface area contributed by atoms with Crippen LogP contribution in [0.4, 0.5) is 0 Å². The van der Waals surface area contributed by atoms with E-state index >= 15 is 0 Å². The van der Waals surface area contributed by atoms with E-state index in [2.05, 4.69) is 15.5 Å². The van der Waals surface area contributed by atoms with Crippen molar-refractivity contribution >= 4 is 5.91 Å². The fourth-order valence-electron chi connectivity index (χ4n) is 2.23. The Kier molecular flexibility index (Phi) is 4.25. The monoisotopic (exact) mass is 310 g/mol. The number of benzene rings is 1. The number of nitrogens with two attached hydrogens (primary N) is 1. The first kappa shape index (κ1) is 15.1. The predicted molar refractivity (Wildman–Crippen MR) is 86.7 cm³/mol. The molecule has 118 valence electrons. The fraction of sp³-hybridized carbons (Fsp3) is 0.176. The lowest BCUT2D eigenvalue weighted by molar-refractivity contribution is 0.0946. The summed E-state index contributed by atoms with van der Waals surface area (Å²) in [6, 6.07) is 11.2. The van der Waals surface area contributed by atoms with Crippen LogP contribution in [0.3, 0.4) is 0 Å². The molecule has 0 saturated carbocycles. The van der Waals surface area contributed by atoms with Gasteiger partial charge in [-0.15, -0.1) is 0 Å². The van der Waals surface area contributed by atoms with Crippen molar-refractivity contribution in [2.24, 2.45) is 5.73 Å². The van der Waals surface area contributed by atoms with Crippen LogP contribution in [0.1, 0.15) is 27.7 Å². The predicted octanol–water partition coefficient (Wildman–Crippen LogP) is 2.41. The lowest BCUT2D eigenvalue weighted by Crippen LogP contribution is -2.32. The van der Waals surface area contributed by atoms with Crippen molar-refractivity contribution < 1.29 is 9.21 Å². The van der Waals surface area contributed by atoms with E-state index < -0.39 is 0 Å². The first-order valence-corrected chi connectivity index (χ1v) is 7.32. The number of H-pyrrole nitrogens is 1. The lowest BCUT2D eigenvalue weighted by atomic mass is 10.1. The molecular formula is C17H18N4O2. The summed E-state index contributed by atoms with van der Waals surface area (Å²) in [7, 11) is 0. The maximum absolute atomic E-state index is 12.2. The Balaban J connectivity index is 1.60. The zero-order chi connectivity index (χ0) is 16.2. The largest absolute Gasteiger partial charge is 0.472 e. The van der Waals surface area contributed by atoms with Crippen LogP contribution in [0.5, 0.6) is 0 Å². The molecule has 3 aromatic rings. The second-order valence-electron chi connectivity index (χ2n) is 5.41. The fourth-order valence-corrected chi connectivity index (χ4v) is 2.23. The van der Waals surface area contributed by atoms with E-state index in [0.717, 1.165) is 11.1 Å². The van der Waals surface area contributed by atoms with Gasteiger partial charge < -0.3 is 15.5 Å². The number of aromatic nitrogens is 2. The molecular weight excluding hydrogens is 292 g/mol. The number of nitrogens with one attached hydrogen (secondary N) is 2. The first-order chi connectivity index (χ1) is 11.1. The molecule has 3 rings (SSSR count). The van der Waals surface area contributed by atoms with E-state index in [9.17, 15) is 4.79 Å². The summed E-state index contributed by atoms with van der Waals surface area (Å²) in [6.45, 7) is 2.37. The highest BCUT2D eigenvalue weighted by atomic mass is 16.3. The molecule has 0 fully saturated rings. The first-order valence-electron chi connectivity index (χ1n) is 7.32. The summed E-state index contributed by atoms with van der Waals surface area (Å²) in [4.78, 5) is 12.2. The highest BCUT2D eigenvalue weighted by molar-refractivity contribution is 5.93. The Labute approximate surface area is 133 Å². The van der Waals surface area contributed by atoms with Gasteiger partial charge in [-0.05, 0) is 24.6 Å². The zero-order valence-corrected chi connectivity index (χ0v) is 12.7. The minimum atomic E-state index is -0.254. The quantitative estimate of drug-likeness (QED) is 0.674. The Morgan fingerprint density at radius 2 is 2.13 bits per heavy atom. The molecule has 0 bridgehead atoms. The van der Waals surface area contributed by atoms with E-state index in [-0.39, 0.29) is 11.9 Å². The summed E-state index contributed by atoms with van der Waals surface area (Å²) in [5.74, 6) is -0.241. The topological polar surface area (TPSA) is 96.9 Å². The van der Waals surface area contributed by atoms with Crippen LogP contribution in [0.25, 0.3) is 11.3 Å². The van der Waals surface area contributed by atoms with Gasteiger partial charge in [-0.1, -0.05) is 29.8 Å². The second-order valence-corrected chi connectivity index (χ2v) is 5.41. The van der Waals surface area contributed by atoms with Gasteiger partial charge in [-0.2, -0.15) is 5.10 Å². The smallest absolute Gasteiger partial charge is 0.269 e. The number of nitrogens with zero attached hydrogens (tertiary/aromatic N) is 1. The van der Waals surface area contributed by atoms with Crippen LogP contribution in [-0.4, -0.2) is 22.6 Å². The summed E-state index contributed by atoms with van der Waals surface area (Å²) >= 11 is 0. The maximum Gasteiger partial charge on any atom is 0.269 e. The summed E-state index contributed by atoms with van der Waals surface area (Å²) in [6.07, 6.45) is 3.13. The molecule has 0 aliphatic heterocycles.